The molecule has 3 unspecified atom stereocenters. The van der Waals surface area contributed by atoms with E-state index in [4.69, 9.17) is 10.5 Å². The minimum Gasteiger partial charge on any atom is -0.370 e. The molecule has 82 valence electrons. The smallest absolute Gasteiger partial charge is 0.141 e. The first-order valence-electron chi connectivity index (χ1n) is 5.32. The van der Waals surface area contributed by atoms with Crippen molar-refractivity contribution >= 4 is 0 Å². The quantitative estimate of drug-likeness (QED) is 0.826. The Bertz CT molecular complexity index is 304. The fourth-order valence-corrected chi connectivity index (χ4v) is 1.90. The SMILES string of the molecule is NC1CCC(OCc2ccccc2)C1F. The van der Waals surface area contributed by atoms with E-state index >= 15 is 0 Å². The predicted molar refractivity (Wildman–Crippen MR) is 57.1 cm³/mol. The summed E-state index contributed by atoms with van der Waals surface area (Å²) in [5.74, 6) is 0. The van der Waals surface area contributed by atoms with Gasteiger partial charge in [-0.3, -0.25) is 0 Å². The maximum Gasteiger partial charge on any atom is 0.141 e. The average molecular weight is 209 g/mol. The zero-order valence-corrected chi connectivity index (χ0v) is 8.60. The summed E-state index contributed by atoms with van der Waals surface area (Å²) in [7, 11) is 0. The van der Waals surface area contributed by atoms with Gasteiger partial charge in [0.1, 0.15) is 6.17 Å². The second-order valence-corrected chi connectivity index (χ2v) is 4.02. The molecule has 15 heavy (non-hydrogen) atoms. The van der Waals surface area contributed by atoms with Crippen molar-refractivity contribution in [3.05, 3.63) is 35.9 Å². The molecule has 1 aromatic carbocycles. The molecule has 1 saturated carbocycles. The van der Waals surface area contributed by atoms with Crippen molar-refractivity contribution in [1.82, 2.24) is 0 Å². The summed E-state index contributed by atoms with van der Waals surface area (Å²) in [6.07, 6.45) is 0.129. The van der Waals surface area contributed by atoms with Crippen LogP contribution in [0.25, 0.3) is 0 Å². The first-order chi connectivity index (χ1) is 7.27. The Morgan fingerprint density at radius 1 is 1.27 bits per heavy atom. The van der Waals surface area contributed by atoms with Gasteiger partial charge in [0.25, 0.3) is 0 Å². The number of rotatable bonds is 3. The Balaban J connectivity index is 1.84. The normalized spacial score (nSPS) is 30.7. The number of benzene rings is 1. The van der Waals surface area contributed by atoms with E-state index in [2.05, 4.69) is 0 Å². The van der Waals surface area contributed by atoms with Crippen LogP contribution >= 0.6 is 0 Å². The van der Waals surface area contributed by atoms with Gasteiger partial charge in [-0.2, -0.15) is 0 Å². The highest BCUT2D eigenvalue weighted by Crippen LogP contribution is 2.24. The van der Waals surface area contributed by atoms with E-state index in [1.54, 1.807) is 0 Å². The molecule has 1 aliphatic carbocycles. The number of alkyl halides is 1. The number of hydrogen-bond donors (Lipinski definition) is 1. The monoisotopic (exact) mass is 209 g/mol. The lowest BCUT2D eigenvalue weighted by atomic mass is 10.2. The summed E-state index contributed by atoms with van der Waals surface area (Å²) in [4.78, 5) is 0. The van der Waals surface area contributed by atoms with Crippen molar-refractivity contribution in [2.24, 2.45) is 5.73 Å². The van der Waals surface area contributed by atoms with E-state index in [0.29, 0.717) is 6.61 Å². The molecular formula is C12H16FNO. The Labute approximate surface area is 89.2 Å². The van der Waals surface area contributed by atoms with Gasteiger partial charge < -0.3 is 10.5 Å². The van der Waals surface area contributed by atoms with Gasteiger partial charge in [-0.1, -0.05) is 30.3 Å². The van der Waals surface area contributed by atoms with Gasteiger partial charge in [-0.15, -0.1) is 0 Å². The van der Waals surface area contributed by atoms with Crippen LogP contribution in [0, 0.1) is 0 Å². The maximum absolute atomic E-state index is 13.4. The molecule has 2 rings (SSSR count). The van der Waals surface area contributed by atoms with E-state index in [1.165, 1.54) is 0 Å². The first kappa shape index (κ1) is 10.6. The van der Waals surface area contributed by atoms with E-state index < -0.39 is 6.17 Å². The van der Waals surface area contributed by atoms with Crippen LogP contribution in [0.1, 0.15) is 18.4 Å². The van der Waals surface area contributed by atoms with Crippen LogP contribution in [0.4, 0.5) is 4.39 Å². The van der Waals surface area contributed by atoms with Gasteiger partial charge in [0, 0.05) is 6.04 Å². The summed E-state index contributed by atoms with van der Waals surface area (Å²) < 4.78 is 19.0. The zero-order chi connectivity index (χ0) is 10.7. The summed E-state index contributed by atoms with van der Waals surface area (Å²) in [6.45, 7) is 0.471. The van der Waals surface area contributed by atoms with E-state index in [0.717, 1.165) is 18.4 Å². The third kappa shape index (κ3) is 2.55. The summed E-state index contributed by atoms with van der Waals surface area (Å²) >= 11 is 0. The second-order valence-electron chi connectivity index (χ2n) is 4.02. The van der Waals surface area contributed by atoms with Crippen LogP contribution in [-0.4, -0.2) is 18.3 Å². The van der Waals surface area contributed by atoms with Gasteiger partial charge in [0.05, 0.1) is 12.7 Å². The highest BCUT2D eigenvalue weighted by atomic mass is 19.1. The lowest BCUT2D eigenvalue weighted by Gasteiger charge is -2.15. The molecule has 3 atom stereocenters. The number of halogens is 1. The molecule has 0 radical (unpaired) electrons. The lowest BCUT2D eigenvalue weighted by molar-refractivity contribution is 0.00126. The predicted octanol–water partition coefficient (Wildman–Crippen LogP) is 2.03. The molecule has 0 aromatic heterocycles. The highest BCUT2D eigenvalue weighted by Gasteiger charge is 2.34. The minimum absolute atomic E-state index is 0.319. The zero-order valence-electron chi connectivity index (χ0n) is 8.60. The van der Waals surface area contributed by atoms with Crippen molar-refractivity contribution in [3.8, 4) is 0 Å². The molecular weight excluding hydrogens is 193 g/mol. The molecule has 0 bridgehead atoms. The Morgan fingerprint density at radius 2 is 2.00 bits per heavy atom. The van der Waals surface area contributed by atoms with Crippen molar-refractivity contribution < 1.29 is 9.13 Å². The maximum atomic E-state index is 13.4. The highest BCUT2D eigenvalue weighted by molar-refractivity contribution is 5.13. The molecule has 0 spiro atoms. The van der Waals surface area contributed by atoms with Crippen molar-refractivity contribution in [3.63, 3.8) is 0 Å². The fraction of sp³-hybridized carbons (Fsp3) is 0.500. The minimum atomic E-state index is -1.01. The van der Waals surface area contributed by atoms with Gasteiger partial charge in [0.15, 0.2) is 0 Å². The summed E-state index contributed by atoms with van der Waals surface area (Å²) in [5.41, 5.74) is 6.66. The molecule has 0 heterocycles. The van der Waals surface area contributed by atoms with Crippen LogP contribution in [0.2, 0.25) is 0 Å². The van der Waals surface area contributed by atoms with Gasteiger partial charge in [-0.05, 0) is 18.4 Å². The number of nitrogens with two attached hydrogens (primary N) is 1. The molecule has 0 aliphatic heterocycles. The Hall–Kier alpha value is -0.930. The van der Waals surface area contributed by atoms with Crippen molar-refractivity contribution in [2.75, 3.05) is 0 Å². The second kappa shape index (κ2) is 4.73. The number of hydrogen-bond acceptors (Lipinski definition) is 2. The molecule has 0 saturated heterocycles. The standard InChI is InChI=1S/C12H16FNO/c13-12-10(14)6-7-11(12)15-8-9-4-2-1-3-5-9/h1-5,10-12H,6-8,14H2. The molecule has 1 fully saturated rings. The third-order valence-corrected chi connectivity index (χ3v) is 2.86. The molecule has 2 nitrogen and oxygen atoms in total. The lowest BCUT2D eigenvalue weighted by Crippen LogP contribution is -2.32. The average Bonchev–Trinajstić information content (AvgIpc) is 2.59. The van der Waals surface area contributed by atoms with E-state index in [9.17, 15) is 4.39 Å². The molecule has 0 amide bonds. The van der Waals surface area contributed by atoms with Gasteiger partial charge in [0.2, 0.25) is 0 Å². The molecule has 3 heteroatoms. The summed E-state index contributed by atoms with van der Waals surface area (Å²) in [5, 5.41) is 0. The van der Waals surface area contributed by atoms with Crippen LogP contribution in [-0.2, 0) is 11.3 Å². The van der Waals surface area contributed by atoms with Crippen LogP contribution in [0.5, 0.6) is 0 Å². The summed E-state index contributed by atoms with van der Waals surface area (Å²) in [6, 6.07) is 9.46. The van der Waals surface area contributed by atoms with E-state index in [-0.39, 0.29) is 12.1 Å². The van der Waals surface area contributed by atoms with E-state index in [1.807, 2.05) is 30.3 Å². The largest absolute Gasteiger partial charge is 0.370 e. The van der Waals surface area contributed by atoms with Gasteiger partial charge >= 0.3 is 0 Å². The third-order valence-electron chi connectivity index (χ3n) is 2.86. The van der Waals surface area contributed by atoms with Crippen LogP contribution in [0.3, 0.4) is 0 Å². The topological polar surface area (TPSA) is 35.2 Å². The Kier molecular flexibility index (Phi) is 3.34. The van der Waals surface area contributed by atoms with Crippen LogP contribution in [0.15, 0.2) is 30.3 Å². The van der Waals surface area contributed by atoms with Crippen molar-refractivity contribution in [1.29, 1.82) is 0 Å². The fourth-order valence-electron chi connectivity index (χ4n) is 1.90. The van der Waals surface area contributed by atoms with Crippen molar-refractivity contribution in [2.45, 2.75) is 37.8 Å². The van der Waals surface area contributed by atoms with Gasteiger partial charge in [-0.25, -0.2) is 4.39 Å². The Morgan fingerprint density at radius 3 is 2.60 bits per heavy atom. The first-order valence-corrected chi connectivity index (χ1v) is 5.32. The molecule has 1 aliphatic rings. The molecule has 1 aromatic rings. The van der Waals surface area contributed by atoms with Crippen LogP contribution < -0.4 is 5.73 Å². The molecule has 2 N–H and O–H groups in total. The number of ether oxygens (including phenoxy) is 1.